The number of carbonyl (C=O) groups excluding carboxylic acids is 1. The standard InChI is InChI=1S/C11H13N3OS2/c1-3-8-5-17-10(14-8)4-12-11(15)9-6-16-7(2)13-9/h5-6H,3-4H2,1-2H3,(H,12,15). The van der Waals surface area contributed by atoms with Crippen LogP contribution in [0.2, 0.25) is 0 Å². The highest BCUT2D eigenvalue weighted by Gasteiger charge is 2.09. The maximum atomic E-state index is 11.7. The van der Waals surface area contributed by atoms with E-state index < -0.39 is 0 Å². The van der Waals surface area contributed by atoms with Gasteiger partial charge in [-0.2, -0.15) is 0 Å². The molecule has 0 radical (unpaired) electrons. The van der Waals surface area contributed by atoms with E-state index in [0.29, 0.717) is 12.2 Å². The Bertz CT molecular complexity index is 518. The Morgan fingerprint density at radius 2 is 2.18 bits per heavy atom. The molecule has 2 heterocycles. The fraction of sp³-hybridized carbons (Fsp3) is 0.364. The van der Waals surface area contributed by atoms with Gasteiger partial charge in [0.1, 0.15) is 10.7 Å². The molecule has 0 spiro atoms. The monoisotopic (exact) mass is 267 g/mol. The first-order chi connectivity index (χ1) is 8.19. The van der Waals surface area contributed by atoms with E-state index in [4.69, 9.17) is 0 Å². The van der Waals surface area contributed by atoms with Crippen molar-refractivity contribution in [3.05, 3.63) is 32.2 Å². The van der Waals surface area contributed by atoms with Gasteiger partial charge >= 0.3 is 0 Å². The van der Waals surface area contributed by atoms with Crippen molar-refractivity contribution in [2.75, 3.05) is 0 Å². The van der Waals surface area contributed by atoms with Crippen LogP contribution in [0.4, 0.5) is 0 Å². The number of nitrogens with one attached hydrogen (secondary N) is 1. The molecule has 1 N–H and O–H groups in total. The molecular weight excluding hydrogens is 254 g/mol. The summed E-state index contributed by atoms with van der Waals surface area (Å²) in [6.45, 7) is 4.42. The molecule has 0 atom stereocenters. The molecule has 90 valence electrons. The predicted molar refractivity (Wildman–Crippen MR) is 69.5 cm³/mol. The summed E-state index contributed by atoms with van der Waals surface area (Å²) in [7, 11) is 0. The SMILES string of the molecule is CCc1csc(CNC(=O)c2csc(C)n2)n1. The first-order valence-corrected chi connectivity index (χ1v) is 7.08. The quantitative estimate of drug-likeness (QED) is 0.925. The normalized spacial score (nSPS) is 10.5. The second-order valence-corrected chi connectivity index (χ2v) is 5.53. The number of hydrogen-bond donors (Lipinski definition) is 1. The maximum Gasteiger partial charge on any atom is 0.271 e. The first-order valence-electron chi connectivity index (χ1n) is 5.32. The van der Waals surface area contributed by atoms with E-state index in [1.54, 1.807) is 16.7 Å². The van der Waals surface area contributed by atoms with Crippen molar-refractivity contribution in [3.8, 4) is 0 Å². The summed E-state index contributed by atoms with van der Waals surface area (Å²) in [6, 6.07) is 0. The minimum atomic E-state index is -0.136. The second kappa shape index (κ2) is 5.37. The predicted octanol–water partition coefficient (Wildman–Crippen LogP) is 2.40. The molecule has 4 nitrogen and oxygen atoms in total. The zero-order chi connectivity index (χ0) is 12.3. The molecule has 0 aliphatic heterocycles. The zero-order valence-corrected chi connectivity index (χ0v) is 11.3. The summed E-state index contributed by atoms with van der Waals surface area (Å²) < 4.78 is 0. The van der Waals surface area contributed by atoms with Crippen LogP contribution in [0.3, 0.4) is 0 Å². The second-order valence-electron chi connectivity index (χ2n) is 3.52. The van der Waals surface area contributed by atoms with E-state index >= 15 is 0 Å². The molecule has 6 heteroatoms. The number of amides is 1. The number of thiazole rings is 2. The molecule has 0 aliphatic rings. The highest BCUT2D eigenvalue weighted by Crippen LogP contribution is 2.11. The van der Waals surface area contributed by atoms with Crippen LogP contribution >= 0.6 is 22.7 Å². The van der Waals surface area contributed by atoms with E-state index in [0.717, 1.165) is 22.1 Å². The van der Waals surface area contributed by atoms with Crippen molar-refractivity contribution in [2.24, 2.45) is 0 Å². The van der Waals surface area contributed by atoms with E-state index in [2.05, 4.69) is 22.2 Å². The van der Waals surface area contributed by atoms with Crippen molar-refractivity contribution < 1.29 is 4.79 Å². The molecule has 1 amide bonds. The van der Waals surface area contributed by atoms with Crippen LogP contribution in [0, 0.1) is 6.92 Å². The number of aromatic nitrogens is 2. The molecule has 17 heavy (non-hydrogen) atoms. The fourth-order valence-electron chi connectivity index (χ4n) is 1.31. The average Bonchev–Trinajstić information content (AvgIpc) is 2.94. The topological polar surface area (TPSA) is 54.9 Å². The maximum absolute atomic E-state index is 11.7. The van der Waals surface area contributed by atoms with Crippen LogP contribution in [0.15, 0.2) is 10.8 Å². The Hall–Kier alpha value is -1.27. The minimum Gasteiger partial charge on any atom is -0.344 e. The summed E-state index contributed by atoms with van der Waals surface area (Å²) in [4.78, 5) is 20.2. The van der Waals surface area contributed by atoms with Crippen molar-refractivity contribution in [2.45, 2.75) is 26.8 Å². The molecule has 2 aromatic heterocycles. The van der Waals surface area contributed by atoms with Crippen molar-refractivity contribution >= 4 is 28.6 Å². The third-order valence-corrected chi connectivity index (χ3v) is 3.88. The third kappa shape index (κ3) is 3.10. The van der Waals surface area contributed by atoms with Crippen molar-refractivity contribution in [1.82, 2.24) is 15.3 Å². The van der Waals surface area contributed by atoms with Crippen molar-refractivity contribution in [3.63, 3.8) is 0 Å². The number of rotatable bonds is 4. The van der Waals surface area contributed by atoms with Gasteiger partial charge in [0.25, 0.3) is 5.91 Å². The van der Waals surface area contributed by atoms with Crippen LogP contribution in [0.25, 0.3) is 0 Å². The average molecular weight is 267 g/mol. The molecule has 2 rings (SSSR count). The van der Waals surface area contributed by atoms with Crippen LogP contribution in [-0.4, -0.2) is 15.9 Å². The lowest BCUT2D eigenvalue weighted by Gasteiger charge is -1.99. The summed E-state index contributed by atoms with van der Waals surface area (Å²) in [5.41, 5.74) is 1.56. The lowest BCUT2D eigenvalue weighted by Crippen LogP contribution is -2.23. The Labute approximate surface area is 108 Å². The fourth-order valence-corrected chi connectivity index (χ4v) is 2.72. The Kier molecular flexibility index (Phi) is 3.86. The van der Waals surface area contributed by atoms with Gasteiger partial charge in [-0.25, -0.2) is 9.97 Å². The summed E-state index contributed by atoms with van der Waals surface area (Å²) in [5.74, 6) is -0.136. The van der Waals surface area contributed by atoms with Gasteiger partial charge in [0, 0.05) is 10.8 Å². The highest BCUT2D eigenvalue weighted by atomic mass is 32.1. The Balaban J connectivity index is 1.92. The highest BCUT2D eigenvalue weighted by molar-refractivity contribution is 7.10. The molecule has 0 bridgehead atoms. The van der Waals surface area contributed by atoms with E-state index in [1.807, 2.05) is 12.3 Å². The lowest BCUT2D eigenvalue weighted by atomic mass is 10.4. The Morgan fingerprint density at radius 1 is 1.35 bits per heavy atom. The summed E-state index contributed by atoms with van der Waals surface area (Å²) >= 11 is 3.05. The number of aryl methyl sites for hydroxylation is 2. The van der Waals surface area contributed by atoms with Gasteiger partial charge < -0.3 is 5.32 Å². The molecule has 0 unspecified atom stereocenters. The van der Waals surface area contributed by atoms with Gasteiger partial charge in [0.15, 0.2) is 0 Å². The van der Waals surface area contributed by atoms with E-state index in [9.17, 15) is 4.79 Å². The van der Waals surface area contributed by atoms with Crippen molar-refractivity contribution in [1.29, 1.82) is 0 Å². The number of nitrogens with zero attached hydrogens (tertiary/aromatic N) is 2. The van der Waals surface area contributed by atoms with Gasteiger partial charge in [-0.15, -0.1) is 22.7 Å². The molecule has 0 fully saturated rings. The third-order valence-electron chi connectivity index (χ3n) is 2.21. The summed E-state index contributed by atoms with van der Waals surface area (Å²) in [5, 5.41) is 8.44. The number of hydrogen-bond acceptors (Lipinski definition) is 5. The minimum absolute atomic E-state index is 0.136. The molecular formula is C11H13N3OS2. The molecule has 0 aromatic carbocycles. The Morgan fingerprint density at radius 3 is 2.76 bits per heavy atom. The first kappa shape index (κ1) is 12.2. The summed E-state index contributed by atoms with van der Waals surface area (Å²) in [6.07, 6.45) is 0.926. The lowest BCUT2D eigenvalue weighted by molar-refractivity contribution is 0.0946. The molecule has 0 saturated carbocycles. The van der Waals surface area contributed by atoms with E-state index in [-0.39, 0.29) is 5.91 Å². The van der Waals surface area contributed by atoms with Crippen LogP contribution in [-0.2, 0) is 13.0 Å². The number of carbonyl (C=O) groups is 1. The van der Waals surface area contributed by atoms with Crippen LogP contribution < -0.4 is 5.32 Å². The van der Waals surface area contributed by atoms with Gasteiger partial charge in [0.05, 0.1) is 17.2 Å². The zero-order valence-electron chi connectivity index (χ0n) is 9.69. The smallest absolute Gasteiger partial charge is 0.271 e. The largest absolute Gasteiger partial charge is 0.344 e. The van der Waals surface area contributed by atoms with Gasteiger partial charge in [-0.05, 0) is 13.3 Å². The van der Waals surface area contributed by atoms with Gasteiger partial charge in [-0.1, -0.05) is 6.92 Å². The molecule has 0 aliphatic carbocycles. The van der Waals surface area contributed by atoms with Crippen LogP contribution in [0.1, 0.15) is 33.1 Å². The van der Waals surface area contributed by atoms with Crippen LogP contribution in [0.5, 0.6) is 0 Å². The molecule has 0 saturated heterocycles. The molecule has 2 aromatic rings. The van der Waals surface area contributed by atoms with Gasteiger partial charge in [-0.3, -0.25) is 4.79 Å². The van der Waals surface area contributed by atoms with Gasteiger partial charge in [0.2, 0.25) is 0 Å². The van der Waals surface area contributed by atoms with E-state index in [1.165, 1.54) is 11.3 Å².